The summed E-state index contributed by atoms with van der Waals surface area (Å²) in [7, 11) is -3.02. The first-order chi connectivity index (χ1) is 8.53. The molecule has 6 heteroatoms. The van der Waals surface area contributed by atoms with Crippen LogP contribution in [-0.2, 0) is 16.4 Å². The fourth-order valence-electron chi connectivity index (χ4n) is 1.31. The first-order valence-corrected chi connectivity index (χ1v) is 7.61. The van der Waals surface area contributed by atoms with Gasteiger partial charge in [-0.3, -0.25) is 0 Å². The molecule has 2 N–H and O–H groups in total. The Balaban J connectivity index is 2.23. The van der Waals surface area contributed by atoms with Crippen LogP contribution in [0.2, 0.25) is 0 Å². The Morgan fingerprint density at radius 3 is 2.44 bits per heavy atom. The number of hydrogen-bond donors (Lipinski definition) is 2. The third kappa shape index (κ3) is 5.67. The quantitative estimate of drug-likeness (QED) is 0.807. The fourth-order valence-corrected chi connectivity index (χ4v) is 2.01. The van der Waals surface area contributed by atoms with Crippen molar-refractivity contribution >= 4 is 15.9 Å². The van der Waals surface area contributed by atoms with E-state index in [2.05, 4.69) is 10.6 Å². The maximum Gasteiger partial charge on any atom is 0.315 e. The van der Waals surface area contributed by atoms with Crippen LogP contribution in [0.25, 0.3) is 0 Å². The van der Waals surface area contributed by atoms with Gasteiger partial charge in [-0.15, -0.1) is 0 Å². The maximum absolute atomic E-state index is 11.4. The lowest BCUT2D eigenvalue weighted by Crippen LogP contribution is -2.37. The molecule has 0 aliphatic rings. The Bertz CT molecular complexity index is 471. The van der Waals surface area contributed by atoms with Gasteiger partial charge in [0.15, 0.2) is 9.84 Å². The molecule has 0 fully saturated rings. The molecule has 18 heavy (non-hydrogen) atoms. The van der Waals surface area contributed by atoms with Crippen molar-refractivity contribution in [3.8, 4) is 0 Å². The van der Waals surface area contributed by atoms with Crippen LogP contribution in [0.4, 0.5) is 4.79 Å². The molecular formula is C12H18N2O3S. The monoisotopic (exact) mass is 270 g/mol. The van der Waals surface area contributed by atoms with E-state index in [1.54, 1.807) is 6.92 Å². The number of sulfone groups is 1. The minimum absolute atomic E-state index is 0.0255. The van der Waals surface area contributed by atoms with Crippen LogP contribution >= 0.6 is 0 Å². The van der Waals surface area contributed by atoms with Crippen molar-refractivity contribution in [1.29, 1.82) is 0 Å². The molecule has 100 valence electrons. The number of carbonyl (C=O) groups is 1. The minimum Gasteiger partial charge on any atom is -0.337 e. The van der Waals surface area contributed by atoms with Gasteiger partial charge >= 0.3 is 6.03 Å². The molecule has 1 rings (SSSR count). The van der Waals surface area contributed by atoms with E-state index >= 15 is 0 Å². The third-order valence-electron chi connectivity index (χ3n) is 2.43. The zero-order valence-corrected chi connectivity index (χ0v) is 11.2. The topological polar surface area (TPSA) is 75.3 Å². The number of amides is 2. The molecule has 0 spiro atoms. The van der Waals surface area contributed by atoms with E-state index in [0.29, 0.717) is 6.54 Å². The third-order valence-corrected chi connectivity index (χ3v) is 4.14. The molecule has 1 aromatic carbocycles. The molecule has 2 amide bonds. The summed E-state index contributed by atoms with van der Waals surface area (Å²) in [5.41, 5.74) is 0.994. The van der Waals surface area contributed by atoms with Gasteiger partial charge in [0.25, 0.3) is 0 Å². The minimum atomic E-state index is -3.02. The largest absolute Gasteiger partial charge is 0.337 e. The summed E-state index contributed by atoms with van der Waals surface area (Å²) >= 11 is 0. The van der Waals surface area contributed by atoms with Crippen molar-refractivity contribution in [3.05, 3.63) is 35.9 Å². The highest BCUT2D eigenvalue weighted by Gasteiger charge is 2.07. The van der Waals surface area contributed by atoms with Gasteiger partial charge < -0.3 is 10.6 Å². The Kier molecular flexibility index (Phi) is 5.64. The molecule has 0 aromatic heterocycles. The zero-order valence-electron chi connectivity index (χ0n) is 10.3. The van der Waals surface area contributed by atoms with Crippen molar-refractivity contribution in [3.63, 3.8) is 0 Å². The summed E-state index contributed by atoms with van der Waals surface area (Å²) in [5, 5.41) is 5.17. The molecule has 0 bridgehead atoms. The summed E-state index contributed by atoms with van der Waals surface area (Å²) in [5.74, 6) is 0.0720. The number of carbonyl (C=O) groups excluding carboxylic acids is 1. The Labute approximate surface area is 108 Å². The SMILES string of the molecule is CCS(=O)(=O)CCNC(=O)NCc1ccccc1. The average Bonchev–Trinajstić information content (AvgIpc) is 2.37. The van der Waals surface area contributed by atoms with Crippen LogP contribution < -0.4 is 10.6 Å². The van der Waals surface area contributed by atoms with E-state index in [9.17, 15) is 13.2 Å². The van der Waals surface area contributed by atoms with Crippen LogP contribution in [0.3, 0.4) is 0 Å². The molecule has 0 heterocycles. The van der Waals surface area contributed by atoms with Gasteiger partial charge in [-0.05, 0) is 5.56 Å². The van der Waals surface area contributed by atoms with Gasteiger partial charge in [0, 0.05) is 18.8 Å². The summed E-state index contributed by atoms with van der Waals surface area (Å²) in [6.07, 6.45) is 0. The smallest absolute Gasteiger partial charge is 0.315 e. The van der Waals surface area contributed by atoms with Crippen molar-refractivity contribution in [2.45, 2.75) is 13.5 Å². The van der Waals surface area contributed by atoms with E-state index in [-0.39, 0.29) is 24.1 Å². The summed E-state index contributed by atoms with van der Waals surface area (Å²) in [4.78, 5) is 11.4. The van der Waals surface area contributed by atoms with Crippen LogP contribution in [0, 0.1) is 0 Å². The Morgan fingerprint density at radius 2 is 1.83 bits per heavy atom. The normalized spacial score (nSPS) is 10.9. The fraction of sp³-hybridized carbons (Fsp3) is 0.417. The first-order valence-electron chi connectivity index (χ1n) is 5.79. The second-order valence-electron chi connectivity index (χ2n) is 3.83. The molecule has 0 aliphatic carbocycles. The summed E-state index contributed by atoms with van der Waals surface area (Å²) in [6.45, 7) is 2.15. The van der Waals surface area contributed by atoms with E-state index in [0.717, 1.165) is 5.56 Å². The molecule has 5 nitrogen and oxygen atoms in total. The van der Waals surface area contributed by atoms with E-state index in [4.69, 9.17) is 0 Å². The highest BCUT2D eigenvalue weighted by Crippen LogP contribution is 1.96. The van der Waals surface area contributed by atoms with Gasteiger partial charge in [-0.2, -0.15) is 0 Å². The molecule has 0 saturated carbocycles. The van der Waals surface area contributed by atoms with Crippen LogP contribution in [0.1, 0.15) is 12.5 Å². The average molecular weight is 270 g/mol. The second kappa shape index (κ2) is 7.00. The number of benzene rings is 1. The highest BCUT2D eigenvalue weighted by atomic mass is 32.2. The van der Waals surface area contributed by atoms with Gasteiger partial charge in [0.1, 0.15) is 0 Å². The van der Waals surface area contributed by atoms with Crippen LogP contribution in [0.5, 0.6) is 0 Å². The molecular weight excluding hydrogens is 252 g/mol. The highest BCUT2D eigenvalue weighted by molar-refractivity contribution is 7.91. The second-order valence-corrected chi connectivity index (χ2v) is 6.30. The number of urea groups is 1. The van der Waals surface area contributed by atoms with Gasteiger partial charge in [0.2, 0.25) is 0 Å². The predicted molar refractivity (Wildman–Crippen MR) is 71.0 cm³/mol. The summed E-state index contributed by atoms with van der Waals surface area (Å²) in [6, 6.07) is 9.14. The first kappa shape index (κ1) is 14.5. The molecule has 0 saturated heterocycles. The summed E-state index contributed by atoms with van der Waals surface area (Å²) < 4.78 is 22.4. The molecule has 0 radical (unpaired) electrons. The van der Waals surface area contributed by atoms with E-state index in [1.165, 1.54) is 0 Å². The lowest BCUT2D eigenvalue weighted by atomic mass is 10.2. The molecule has 0 unspecified atom stereocenters. The van der Waals surface area contributed by atoms with Gasteiger partial charge in [-0.1, -0.05) is 37.3 Å². The van der Waals surface area contributed by atoms with Crippen LogP contribution in [-0.4, -0.2) is 32.5 Å². The standard InChI is InChI=1S/C12H18N2O3S/c1-2-18(16,17)9-8-13-12(15)14-10-11-6-4-3-5-7-11/h3-7H,2,8-10H2,1H3,(H2,13,14,15). The predicted octanol–water partition coefficient (Wildman–Crippen LogP) is 0.921. The van der Waals surface area contributed by atoms with Crippen molar-refractivity contribution in [1.82, 2.24) is 10.6 Å². The maximum atomic E-state index is 11.4. The molecule has 0 aliphatic heterocycles. The molecule has 0 atom stereocenters. The number of nitrogens with one attached hydrogen (secondary N) is 2. The molecule has 1 aromatic rings. The van der Waals surface area contributed by atoms with Crippen LogP contribution in [0.15, 0.2) is 30.3 Å². The number of rotatable bonds is 6. The van der Waals surface area contributed by atoms with Crippen molar-refractivity contribution < 1.29 is 13.2 Å². The Hall–Kier alpha value is -1.56. The van der Waals surface area contributed by atoms with Crippen molar-refractivity contribution in [2.75, 3.05) is 18.1 Å². The van der Waals surface area contributed by atoms with E-state index < -0.39 is 9.84 Å². The number of hydrogen-bond acceptors (Lipinski definition) is 3. The lowest BCUT2D eigenvalue weighted by molar-refractivity contribution is 0.241. The lowest BCUT2D eigenvalue weighted by Gasteiger charge is -2.07. The van der Waals surface area contributed by atoms with Crippen molar-refractivity contribution in [2.24, 2.45) is 0 Å². The van der Waals surface area contributed by atoms with E-state index in [1.807, 2.05) is 30.3 Å². The van der Waals surface area contributed by atoms with Gasteiger partial charge in [-0.25, -0.2) is 13.2 Å². The van der Waals surface area contributed by atoms with Gasteiger partial charge in [0.05, 0.1) is 5.75 Å². The Morgan fingerprint density at radius 1 is 1.17 bits per heavy atom. The zero-order chi connectivity index (χ0) is 13.4.